The van der Waals surface area contributed by atoms with E-state index >= 15 is 0 Å². The summed E-state index contributed by atoms with van der Waals surface area (Å²) in [6.07, 6.45) is 0.570. The first kappa shape index (κ1) is 13.4. The molecule has 2 atom stereocenters. The zero-order chi connectivity index (χ0) is 11.0. The molecule has 0 spiro atoms. The number of aliphatic hydroxyl groups excluding tert-OH is 1. The number of hydrogen-bond donors (Lipinski definition) is 3. The zero-order valence-corrected chi connectivity index (χ0v) is 8.82. The first-order chi connectivity index (χ1) is 6.61. The topological polar surface area (TPSA) is 84.6 Å². The molecule has 0 saturated heterocycles. The lowest BCUT2D eigenvalue weighted by molar-refractivity contribution is -0.122. The highest BCUT2D eigenvalue weighted by atomic mass is 16.5. The van der Waals surface area contributed by atoms with Crippen LogP contribution in [0.15, 0.2) is 0 Å². The lowest BCUT2D eigenvalue weighted by atomic mass is 10.2. The van der Waals surface area contributed by atoms with E-state index in [0.717, 1.165) is 0 Å². The molecule has 14 heavy (non-hydrogen) atoms. The van der Waals surface area contributed by atoms with Crippen LogP contribution in [0.3, 0.4) is 0 Å². The predicted molar refractivity (Wildman–Crippen MR) is 53.8 cm³/mol. The van der Waals surface area contributed by atoms with Gasteiger partial charge in [0.05, 0.1) is 18.8 Å². The summed E-state index contributed by atoms with van der Waals surface area (Å²) in [6, 6.07) is -0.449. The normalized spacial score (nSPS) is 14.9. The van der Waals surface area contributed by atoms with Crippen molar-refractivity contribution in [1.29, 1.82) is 0 Å². The van der Waals surface area contributed by atoms with Crippen molar-refractivity contribution in [2.24, 2.45) is 5.73 Å². The Morgan fingerprint density at radius 2 is 2.29 bits per heavy atom. The summed E-state index contributed by atoms with van der Waals surface area (Å²) >= 11 is 0. The van der Waals surface area contributed by atoms with Gasteiger partial charge in [-0.25, -0.2) is 0 Å². The van der Waals surface area contributed by atoms with E-state index in [1.807, 2.05) is 6.92 Å². The maximum absolute atomic E-state index is 11.2. The quantitative estimate of drug-likeness (QED) is 0.509. The maximum Gasteiger partial charge on any atom is 0.236 e. The molecular formula is C9H20N2O3. The van der Waals surface area contributed by atoms with Gasteiger partial charge in [0, 0.05) is 13.7 Å². The van der Waals surface area contributed by atoms with Gasteiger partial charge in [-0.15, -0.1) is 0 Å². The first-order valence-electron chi connectivity index (χ1n) is 4.82. The number of carbonyl (C=O) groups excluding carboxylic acids is 1. The van der Waals surface area contributed by atoms with Gasteiger partial charge in [0.15, 0.2) is 0 Å². The smallest absolute Gasteiger partial charge is 0.236 e. The Morgan fingerprint density at radius 3 is 2.79 bits per heavy atom. The van der Waals surface area contributed by atoms with Gasteiger partial charge in [-0.1, -0.05) is 6.92 Å². The highest BCUT2D eigenvalue weighted by Gasteiger charge is 2.10. The van der Waals surface area contributed by atoms with Crippen LogP contribution in [-0.2, 0) is 9.53 Å². The van der Waals surface area contributed by atoms with Gasteiger partial charge in [-0.05, 0) is 12.8 Å². The molecular weight excluding hydrogens is 184 g/mol. The highest BCUT2D eigenvalue weighted by Crippen LogP contribution is 1.91. The summed E-state index contributed by atoms with van der Waals surface area (Å²) in [5.74, 6) is -0.169. The van der Waals surface area contributed by atoms with E-state index in [-0.39, 0.29) is 12.5 Å². The van der Waals surface area contributed by atoms with Gasteiger partial charge in [0.2, 0.25) is 5.91 Å². The molecule has 0 aromatic rings. The van der Waals surface area contributed by atoms with Gasteiger partial charge >= 0.3 is 0 Å². The van der Waals surface area contributed by atoms with Crippen molar-refractivity contribution in [1.82, 2.24) is 5.32 Å². The molecule has 0 rings (SSSR count). The van der Waals surface area contributed by atoms with E-state index in [9.17, 15) is 9.90 Å². The summed E-state index contributed by atoms with van der Waals surface area (Å²) < 4.78 is 4.74. The molecule has 0 aliphatic carbocycles. The predicted octanol–water partition coefficient (Wildman–Crippen LogP) is -0.763. The minimum absolute atomic E-state index is 0.169. The fourth-order valence-corrected chi connectivity index (χ4v) is 0.954. The number of carbonyl (C=O) groups is 1. The number of nitrogens with two attached hydrogens (primary N) is 1. The molecule has 4 N–H and O–H groups in total. The van der Waals surface area contributed by atoms with Gasteiger partial charge < -0.3 is 20.9 Å². The molecule has 0 heterocycles. The number of hydrogen-bond acceptors (Lipinski definition) is 4. The molecule has 0 aromatic carbocycles. The van der Waals surface area contributed by atoms with Crippen LogP contribution in [0.5, 0.6) is 0 Å². The molecule has 5 nitrogen and oxygen atoms in total. The molecule has 0 radical (unpaired) electrons. The fourth-order valence-electron chi connectivity index (χ4n) is 0.954. The van der Waals surface area contributed by atoms with Crippen LogP contribution in [0.4, 0.5) is 0 Å². The number of aliphatic hydroxyl groups is 1. The van der Waals surface area contributed by atoms with Crippen molar-refractivity contribution >= 4 is 5.91 Å². The second-order valence-corrected chi connectivity index (χ2v) is 3.20. The van der Waals surface area contributed by atoms with Crippen LogP contribution in [0.25, 0.3) is 0 Å². The highest BCUT2D eigenvalue weighted by molar-refractivity contribution is 5.81. The summed E-state index contributed by atoms with van der Waals surface area (Å²) in [5, 5.41) is 11.9. The third-order valence-corrected chi connectivity index (χ3v) is 1.91. The van der Waals surface area contributed by atoms with E-state index in [2.05, 4.69) is 5.32 Å². The van der Waals surface area contributed by atoms with Gasteiger partial charge in [-0.3, -0.25) is 4.79 Å². The number of methoxy groups -OCH3 is 1. The summed E-state index contributed by atoms with van der Waals surface area (Å²) in [7, 11) is 1.52. The van der Waals surface area contributed by atoms with Crippen LogP contribution in [0, 0.1) is 0 Å². The van der Waals surface area contributed by atoms with Crippen molar-refractivity contribution < 1.29 is 14.6 Å². The van der Waals surface area contributed by atoms with Crippen molar-refractivity contribution in [3.05, 3.63) is 0 Å². The summed E-state index contributed by atoms with van der Waals surface area (Å²) in [4.78, 5) is 11.2. The molecule has 0 aromatic heterocycles. The standard InChI is InChI=1S/C9H20N2O3/c1-3-8(10)9(13)11-5-4-7(12)6-14-2/h7-8,12H,3-6,10H2,1-2H3,(H,11,13). The Bertz CT molecular complexity index is 164. The van der Waals surface area contributed by atoms with E-state index in [1.54, 1.807) is 0 Å². The van der Waals surface area contributed by atoms with E-state index in [1.165, 1.54) is 7.11 Å². The van der Waals surface area contributed by atoms with Crippen molar-refractivity contribution in [3.8, 4) is 0 Å². The number of rotatable bonds is 7. The number of ether oxygens (including phenoxy) is 1. The number of amides is 1. The van der Waals surface area contributed by atoms with Crippen LogP contribution in [0.2, 0.25) is 0 Å². The molecule has 5 heteroatoms. The Balaban J connectivity index is 3.48. The monoisotopic (exact) mass is 204 g/mol. The molecule has 2 unspecified atom stereocenters. The second kappa shape index (κ2) is 7.73. The minimum Gasteiger partial charge on any atom is -0.391 e. The van der Waals surface area contributed by atoms with Crippen LogP contribution >= 0.6 is 0 Å². The van der Waals surface area contributed by atoms with Crippen LogP contribution < -0.4 is 11.1 Å². The van der Waals surface area contributed by atoms with Gasteiger partial charge in [0.1, 0.15) is 0 Å². The van der Waals surface area contributed by atoms with E-state index in [4.69, 9.17) is 10.5 Å². The first-order valence-corrected chi connectivity index (χ1v) is 4.82. The Morgan fingerprint density at radius 1 is 1.64 bits per heavy atom. The Hall–Kier alpha value is -0.650. The third kappa shape index (κ3) is 5.90. The number of nitrogens with one attached hydrogen (secondary N) is 1. The average Bonchev–Trinajstić information content (AvgIpc) is 2.16. The molecule has 0 bridgehead atoms. The Kier molecular flexibility index (Phi) is 7.37. The molecule has 0 aliphatic rings. The molecule has 0 saturated carbocycles. The van der Waals surface area contributed by atoms with Crippen molar-refractivity contribution in [2.75, 3.05) is 20.3 Å². The lowest BCUT2D eigenvalue weighted by Crippen LogP contribution is -2.41. The second-order valence-electron chi connectivity index (χ2n) is 3.20. The van der Waals surface area contributed by atoms with E-state index in [0.29, 0.717) is 19.4 Å². The summed E-state index contributed by atoms with van der Waals surface area (Å²) in [5.41, 5.74) is 5.49. The minimum atomic E-state index is -0.529. The fraction of sp³-hybridized carbons (Fsp3) is 0.889. The largest absolute Gasteiger partial charge is 0.391 e. The van der Waals surface area contributed by atoms with Crippen LogP contribution in [0.1, 0.15) is 19.8 Å². The molecule has 0 fully saturated rings. The van der Waals surface area contributed by atoms with Crippen molar-refractivity contribution in [2.45, 2.75) is 31.9 Å². The maximum atomic E-state index is 11.2. The zero-order valence-electron chi connectivity index (χ0n) is 8.82. The lowest BCUT2D eigenvalue weighted by Gasteiger charge is -2.12. The molecule has 84 valence electrons. The molecule has 1 amide bonds. The van der Waals surface area contributed by atoms with Crippen molar-refractivity contribution in [3.63, 3.8) is 0 Å². The van der Waals surface area contributed by atoms with Crippen LogP contribution in [-0.4, -0.2) is 43.4 Å². The average molecular weight is 204 g/mol. The molecule has 0 aliphatic heterocycles. The van der Waals surface area contributed by atoms with Gasteiger partial charge in [0.25, 0.3) is 0 Å². The van der Waals surface area contributed by atoms with E-state index < -0.39 is 12.1 Å². The summed E-state index contributed by atoms with van der Waals surface area (Å²) in [6.45, 7) is 2.57. The third-order valence-electron chi connectivity index (χ3n) is 1.91. The Labute approximate surface area is 84.6 Å². The van der Waals surface area contributed by atoms with Gasteiger partial charge in [-0.2, -0.15) is 0 Å². The SMILES string of the molecule is CCC(N)C(=O)NCCC(O)COC.